The highest BCUT2D eigenvalue weighted by Crippen LogP contribution is 2.48. The first-order valence-corrected chi connectivity index (χ1v) is 8.40. The highest BCUT2D eigenvalue weighted by Gasteiger charge is 2.51. The van der Waals surface area contributed by atoms with Crippen LogP contribution in [0.2, 0.25) is 0 Å². The van der Waals surface area contributed by atoms with E-state index in [1.165, 1.54) is 0 Å². The molecule has 25 heavy (non-hydrogen) atoms. The minimum atomic E-state index is -0.927. The number of nitrogens with one attached hydrogen (secondary N) is 1. The summed E-state index contributed by atoms with van der Waals surface area (Å²) in [5.41, 5.74) is 0.931. The number of carbonyl (C=O) groups is 3. The van der Waals surface area contributed by atoms with Gasteiger partial charge in [0.15, 0.2) is 0 Å². The van der Waals surface area contributed by atoms with E-state index in [0.717, 1.165) is 6.42 Å². The van der Waals surface area contributed by atoms with Crippen molar-refractivity contribution in [3.8, 4) is 0 Å². The Bertz CT molecular complexity index is 722. The van der Waals surface area contributed by atoms with Crippen LogP contribution in [-0.4, -0.2) is 29.1 Å². The zero-order chi connectivity index (χ0) is 18.1. The summed E-state index contributed by atoms with van der Waals surface area (Å²) in [7, 11) is 0. The summed E-state index contributed by atoms with van der Waals surface area (Å²) >= 11 is 0. The largest absolute Gasteiger partial charge is 0.481 e. The Morgan fingerprint density at radius 3 is 2.24 bits per heavy atom. The lowest BCUT2D eigenvalue weighted by Crippen LogP contribution is -2.36. The molecule has 2 bridgehead atoms. The van der Waals surface area contributed by atoms with Gasteiger partial charge in [-0.05, 0) is 56.4 Å². The Labute approximate surface area is 145 Å². The summed E-state index contributed by atoms with van der Waals surface area (Å²) in [4.78, 5) is 35.9. The number of anilines is 1. The highest BCUT2D eigenvalue weighted by molar-refractivity contribution is 5.97. The maximum absolute atomic E-state index is 12.6. The van der Waals surface area contributed by atoms with Gasteiger partial charge in [-0.3, -0.25) is 9.59 Å². The van der Waals surface area contributed by atoms with Crippen molar-refractivity contribution in [1.82, 2.24) is 0 Å². The maximum Gasteiger partial charge on any atom is 0.338 e. The topological polar surface area (TPSA) is 92.7 Å². The number of fused-ring (bicyclic) bond motifs is 2. The monoisotopic (exact) mass is 343 g/mol. The summed E-state index contributed by atoms with van der Waals surface area (Å²) in [6.07, 6.45) is 4.36. The number of allylic oxidation sites excluding steroid dienone is 2. The zero-order valence-electron chi connectivity index (χ0n) is 14.1. The van der Waals surface area contributed by atoms with E-state index >= 15 is 0 Å². The number of rotatable bonds is 5. The van der Waals surface area contributed by atoms with Crippen molar-refractivity contribution in [3.63, 3.8) is 0 Å². The van der Waals surface area contributed by atoms with E-state index in [0.29, 0.717) is 11.3 Å². The Morgan fingerprint density at radius 1 is 1.08 bits per heavy atom. The SMILES string of the molecule is CC(C)OC(=O)c1ccc(NC(=O)[C@@H]2[C@H](C(=O)O)[C@H]3C=C[C@H]2C3)cc1. The molecular weight excluding hydrogens is 322 g/mol. The Morgan fingerprint density at radius 2 is 1.68 bits per heavy atom. The van der Waals surface area contributed by atoms with Crippen molar-refractivity contribution in [1.29, 1.82) is 0 Å². The van der Waals surface area contributed by atoms with Crippen LogP contribution in [0.15, 0.2) is 36.4 Å². The fourth-order valence-corrected chi connectivity index (χ4v) is 3.71. The summed E-state index contributed by atoms with van der Waals surface area (Å²) in [6.45, 7) is 3.55. The number of carboxylic acid groups (broad SMARTS) is 1. The Hall–Kier alpha value is -2.63. The van der Waals surface area contributed by atoms with Crippen LogP contribution in [0.4, 0.5) is 5.69 Å². The van der Waals surface area contributed by atoms with Crippen molar-refractivity contribution in [2.75, 3.05) is 5.32 Å². The molecule has 0 unspecified atom stereocenters. The molecule has 6 nitrogen and oxygen atoms in total. The molecule has 1 aromatic carbocycles. The van der Waals surface area contributed by atoms with Crippen LogP contribution in [0.25, 0.3) is 0 Å². The minimum Gasteiger partial charge on any atom is -0.481 e. The van der Waals surface area contributed by atoms with Crippen LogP contribution >= 0.6 is 0 Å². The third kappa shape index (κ3) is 3.43. The molecule has 2 aliphatic rings. The third-order valence-corrected chi connectivity index (χ3v) is 4.78. The number of benzene rings is 1. The lowest BCUT2D eigenvalue weighted by atomic mass is 9.82. The van der Waals surface area contributed by atoms with Crippen molar-refractivity contribution in [2.45, 2.75) is 26.4 Å². The number of hydrogen-bond donors (Lipinski definition) is 2. The number of esters is 1. The molecule has 4 atom stereocenters. The molecule has 0 aliphatic heterocycles. The Balaban J connectivity index is 1.68. The predicted octanol–water partition coefficient (Wildman–Crippen LogP) is 2.71. The van der Waals surface area contributed by atoms with Crippen molar-refractivity contribution < 1.29 is 24.2 Å². The average molecular weight is 343 g/mol. The second-order valence-corrected chi connectivity index (χ2v) is 6.86. The quantitative estimate of drug-likeness (QED) is 0.633. The lowest BCUT2D eigenvalue weighted by Gasteiger charge is -2.23. The van der Waals surface area contributed by atoms with Crippen molar-refractivity contribution >= 4 is 23.5 Å². The molecule has 2 N–H and O–H groups in total. The van der Waals surface area contributed by atoms with Gasteiger partial charge in [0.05, 0.1) is 23.5 Å². The fraction of sp³-hybridized carbons (Fsp3) is 0.421. The van der Waals surface area contributed by atoms with Gasteiger partial charge in [-0.1, -0.05) is 12.2 Å². The molecule has 1 aromatic rings. The minimum absolute atomic E-state index is 0.0219. The zero-order valence-corrected chi connectivity index (χ0v) is 14.1. The average Bonchev–Trinajstić information content (AvgIpc) is 3.15. The van der Waals surface area contributed by atoms with Crippen molar-refractivity contribution in [2.24, 2.45) is 23.7 Å². The second kappa shape index (κ2) is 6.70. The lowest BCUT2D eigenvalue weighted by molar-refractivity contribution is -0.146. The van der Waals surface area contributed by atoms with Gasteiger partial charge < -0.3 is 15.2 Å². The molecule has 3 rings (SSSR count). The smallest absolute Gasteiger partial charge is 0.338 e. The number of aliphatic carboxylic acids is 1. The van der Waals surface area contributed by atoms with Gasteiger partial charge >= 0.3 is 11.9 Å². The van der Waals surface area contributed by atoms with Crippen LogP contribution < -0.4 is 5.32 Å². The third-order valence-electron chi connectivity index (χ3n) is 4.78. The van der Waals surface area contributed by atoms with E-state index in [-0.39, 0.29) is 23.8 Å². The van der Waals surface area contributed by atoms with Crippen molar-refractivity contribution in [3.05, 3.63) is 42.0 Å². The number of hydrogen-bond acceptors (Lipinski definition) is 4. The molecule has 1 amide bonds. The van der Waals surface area contributed by atoms with Gasteiger partial charge in [-0.2, -0.15) is 0 Å². The standard InChI is InChI=1S/C19H21NO5/c1-10(2)25-19(24)11-5-7-14(8-6-11)20-17(21)15-12-3-4-13(9-12)16(15)18(22)23/h3-8,10,12-13,15-16H,9H2,1-2H3,(H,20,21)(H,22,23)/t12-,13-,15-,16+/m0/s1. The van der Waals surface area contributed by atoms with E-state index < -0.39 is 23.8 Å². The van der Waals surface area contributed by atoms with Gasteiger partial charge in [0.25, 0.3) is 0 Å². The second-order valence-electron chi connectivity index (χ2n) is 6.86. The van der Waals surface area contributed by atoms with Crippen LogP contribution in [0.1, 0.15) is 30.6 Å². The summed E-state index contributed by atoms with van der Waals surface area (Å²) in [5.74, 6) is -2.95. The summed E-state index contributed by atoms with van der Waals surface area (Å²) < 4.78 is 5.11. The molecule has 0 radical (unpaired) electrons. The first-order valence-electron chi connectivity index (χ1n) is 8.40. The van der Waals surface area contributed by atoms with E-state index in [4.69, 9.17) is 4.74 Å². The number of amides is 1. The molecule has 132 valence electrons. The number of carboxylic acids is 1. The molecule has 0 aromatic heterocycles. The highest BCUT2D eigenvalue weighted by atomic mass is 16.5. The fourth-order valence-electron chi connectivity index (χ4n) is 3.71. The molecule has 1 fully saturated rings. The molecule has 0 spiro atoms. The summed E-state index contributed by atoms with van der Waals surface area (Å²) in [6, 6.07) is 6.40. The van der Waals surface area contributed by atoms with E-state index in [9.17, 15) is 19.5 Å². The number of ether oxygens (including phenoxy) is 1. The van der Waals surface area contributed by atoms with Gasteiger partial charge in [-0.25, -0.2) is 4.79 Å². The van der Waals surface area contributed by atoms with Crippen LogP contribution in [-0.2, 0) is 14.3 Å². The van der Waals surface area contributed by atoms with E-state index in [1.807, 2.05) is 12.2 Å². The predicted molar refractivity (Wildman–Crippen MR) is 91.0 cm³/mol. The van der Waals surface area contributed by atoms with Crippen LogP contribution in [0.5, 0.6) is 0 Å². The van der Waals surface area contributed by atoms with Gasteiger partial charge in [-0.15, -0.1) is 0 Å². The number of carbonyl (C=O) groups excluding carboxylic acids is 2. The Kier molecular flexibility index (Phi) is 4.61. The first kappa shape index (κ1) is 17.2. The van der Waals surface area contributed by atoms with E-state index in [2.05, 4.69) is 5.32 Å². The molecule has 2 aliphatic carbocycles. The van der Waals surface area contributed by atoms with Gasteiger partial charge in [0.2, 0.25) is 5.91 Å². The van der Waals surface area contributed by atoms with E-state index in [1.54, 1.807) is 38.1 Å². The molecule has 0 saturated heterocycles. The van der Waals surface area contributed by atoms with Gasteiger partial charge in [0.1, 0.15) is 0 Å². The van der Waals surface area contributed by atoms with Crippen LogP contribution in [0, 0.1) is 23.7 Å². The first-order chi connectivity index (χ1) is 11.9. The summed E-state index contributed by atoms with van der Waals surface area (Å²) in [5, 5.41) is 12.2. The molecule has 0 heterocycles. The molecule has 1 saturated carbocycles. The molecular formula is C19H21NO5. The van der Waals surface area contributed by atoms with Crippen LogP contribution in [0.3, 0.4) is 0 Å². The normalized spacial score (nSPS) is 26.7. The maximum atomic E-state index is 12.6. The molecule has 6 heteroatoms. The van der Waals surface area contributed by atoms with Gasteiger partial charge in [0, 0.05) is 5.69 Å².